The smallest absolute Gasteiger partial charge is 0.280 e. The fourth-order valence-electron chi connectivity index (χ4n) is 2.67. The van der Waals surface area contributed by atoms with Crippen LogP contribution in [0.2, 0.25) is 10.0 Å². The molecule has 0 radical (unpaired) electrons. The van der Waals surface area contributed by atoms with Gasteiger partial charge in [0.05, 0.1) is 27.0 Å². The SMILES string of the molecule is CC(=NNC(=O)c1ccc(N)cc1)c1c(C)[nH]n(-c2ccc(Cl)c(Cl)c2)c1=O. The first-order valence-electron chi connectivity index (χ1n) is 8.25. The number of amides is 1. The Bertz CT molecular complexity index is 1130. The predicted octanol–water partition coefficient (Wildman–Crippen LogP) is 3.52. The minimum Gasteiger partial charge on any atom is -0.399 e. The number of rotatable bonds is 4. The lowest BCUT2D eigenvalue weighted by atomic mass is 10.2. The third-order valence-electron chi connectivity index (χ3n) is 4.09. The van der Waals surface area contributed by atoms with Crippen molar-refractivity contribution in [2.45, 2.75) is 13.8 Å². The molecule has 0 aliphatic rings. The van der Waals surface area contributed by atoms with Crippen molar-refractivity contribution >= 4 is 40.5 Å². The number of nitrogens with one attached hydrogen (secondary N) is 2. The molecule has 0 bridgehead atoms. The number of H-pyrrole nitrogens is 1. The zero-order valence-electron chi connectivity index (χ0n) is 15.1. The van der Waals surface area contributed by atoms with Crippen molar-refractivity contribution in [2.75, 3.05) is 5.73 Å². The molecule has 0 atom stereocenters. The summed E-state index contributed by atoms with van der Waals surface area (Å²) in [6, 6.07) is 11.3. The summed E-state index contributed by atoms with van der Waals surface area (Å²) in [7, 11) is 0. The molecule has 0 aliphatic carbocycles. The highest BCUT2D eigenvalue weighted by Crippen LogP contribution is 2.24. The maximum absolute atomic E-state index is 12.8. The lowest BCUT2D eigenvalue weighted by Crippen LogP contribution is -2.23. The molecule has 2 aromatic carbocycles. The van der Waals surface area contributed by atoms with Crippen LogP contribution < -0.4 is 16.7 Å². The molecule has 0 saturated carbocycles. The Morgan fingerprint density at radius 2 is 1.82 bits per heavy atom. The molecular weight excluding hydrogens is 401 g/mol. The van der Waals surface area contributed by atoms with E-state index < -0.39 is 5.91 Å². The van der Waals surface area contributed by atoms with Crippen LogP contribution in [0.3, 0.4) is 0 Å². The topological polar surface area (TPSA) is 105 Å². The summed E-state index contributed by atoms with van der Waals surface area (Å²) in [5, 5.41) is 7.76. The van der Waals surface area contributed by atoms with E-state index in [9.17, 15) is 9.59 Å². The maximum Gasteiger partial charge on any atom is 0.280 e. The van der Waals surface area contributed by atoms with Crippen molar-refractivity contribution in [1.29, 1.82) is 0 Å². The zero-order chi connectivity index (χ0) is 20.4. The number of nitrogen functional groups attached to an aromatic ring is 1. The van der Waals surface area contributed by atoms with Crippen LogP contribution in [0.1, 0.15) is 28.5 Å². The molecule has 3 aromatic rings. The van der Waals surface area contributed by atoms with Crippen molar-refractivity contribution < 1.29 is 4.79 Å². The van der Waals surface area contributed by atoms with Gasteiger partial charge in [-0.1, -0.05) is 23.2 Å². The number of nitrogens with zero attached hydrogens (tertiary/aromatic N) is 2. The third kappa shape index (κ3) is 3.95. The summed E-state index contributed by atoms with van der Waals surface area (Å²) in [6.07, 6.45) is 0. The molecule has 0 unspecified atom stereocenters. The highest BCUT2D eigenvalue weighted by Gasteiger charge is 2.16. The van der Waals surface area contributed by atoms with Gasteiger partial charge in [-0.25, -0.2) is 10.1 Å². The summed E-state index contributed by atoms with van der Waals surface area (Å²) in [6.45, 7) is 3.38. The number of aromatic nitrogens is 2. The van der Waals surface area contributed by atoms with E-state index in [4.69, 9.17) is 28.9 Å². The Balaban J connectivity index is 1.88. The van der Waals surface area contributed by atoms with E-state index in [2.05, 4.69) is 15.6 Å². The summed E-state index contributed by atoms with van der Waals surface area (Å²) < 4.78 is 1.34. The molecule has 1 aromatic heterocycles. The van der Waals surface area contributed by atoms with Crippen molar-refractivity contribution in [3.05, 3.63) is 79.7 Å². The van der Waals surface area contributed by atoms with E-state index in [1.807, 2.05) is 0 Å². The molecule has 7 nitrogen and oxygen atoms in total. The summed E-state index contributed by atoms with van der Waals surface area (Å²) in [5.74, 6) is -0.405. The van der Waals surface area contributed by atoms with Crippen LogP contribution >= 0.6 is 23.2 Å². The first kappa shape index (κ1) is 19.7. The monoisotopic (exact) mass is 417 g/mol. The lowest BCUT2D eigenvalue weighted by molar-refractivity contribution is 0.0955. The van der Waals surface area contributed by atoms with Gasteiger partial charge in [0.15, 0.2) is 0 Å². The Kier molecular flexibility index (Phi) is 5.58. The van der Waals surface area contributed by atoms with Gasteiger partial charge in [-0.15, -0.1) is 0 Å². The Hall–Kier alpha value is -3.03. The first-order chi connectivity index (χ1) is 13.3. The molecule has 9 heteroatoms. The number of aromatic amines is 1. The third-order valence-corrected chi connectivity index (χ3v) is 4.83. The first-order valence-corrected chi connectivity index (χ1v) is 9.01. The number of hydrazone groups is 1. The van der Waals surface area contributed by atoms with Crippen LogP contribution in [0, 0.1) is 6.92 Å². The molecule has 4 N–H and O–H groups in total. The van der Waals surface area contributed by atoms with Crippen molar-refractivity contribution in [3.8, 4) is 5.69 Å². The standard InChI is InChI=1S/C19H17Cl2N5O2/c1-10(23-24-18(27)12-3-5-13(22)6-4-12)17-11(2)25-26(19(17)28)14-7-8-15(20)16(21)9-14/h3-9,25H,22H2,1-2H3,(H,24,27). The highest BCUT2D eigenvalue weighted by atomic mass is 35.5. The van der Waals surface area contributed by atoms with Crippen molar-refractivity contribution in [1.82, 2.24) is 15.2 Å². The Morgan fingerprint density at radius 3 is 2.46 bits per heavy atom. The van der Waals surface area contributed by atoms with E-state index in [-0.39, 0.29) is 5.56 Å². The van der Waals surface area contributed by atoms with E-state index in [1.165, 1.54) is 4.68 Å². The largest absolute Gasteiger partial charge is 0.399 e. The molecular formula is C19H17Cl2N5O2. The van der Waals surface area contributed by atoms with E-state index in [0.717, 1.165) is 0 Å². The maximum atomic E-state index is 12.8. The minimum atomic E-state index is -0.405. The summed E-state index contributed by atoms with van der Waals surface area (Å²) in [5.41, 5.74) is 10.5. The van der Waals surface area contributed by atoms with Gasteiger partial charge in [0.25, 0.3) is 11.5 Å². The average molecular weight is 418 g/mol. The molecule has 144 valence electrons. The van der Waals surface area contributed by atoms with E-state index in [0.29, 0.717) is 44.0 Å². The quantitative estimate of drug-likeness (QED) is 0.343. The molecule has 1 heterocycles. The van der Waals surface area contributed by atoms with Crippen LogP contribution in [-0.2, 0) is 0 Å². The van der Waals surface area contributed by atoms with Crippen LogP contribution in [0.4, 0.5) is 5.69 Å². The number of carbonyl (C=O) groups is 1. The van der Waals surface area contributed by atoms with Gasteiger partial charge in [-0.3, -0.25) is 14.7 Å². The number of anilines is 1. The van der Waals surface area contributed by atoms with Gasteiger partial charge in [0.1, 0.15) is 0 Å². The second-order valence-corrected chi connectivity index (χ2v) is 6.93. The molecule has 0 fully saturated rings. The van der Waals surface area contributed by atoms with Crippen molar-refractivity contribution in [3.63, 3.8) is 0 Å². The fourth-order valence-corrected chi connectivity index (χ4v) is 2.96. The number of aryl methyl sites for hydroxylation is 1. The highest BCUT2D eigenvalue weighted by molar-refractivity contribution is 6.42. The molecule has 28 heavy (non-hydrogen) atoms. The van der Waals surface area contributed by atoms with Gasteiger partial charge in [-0.2, -0.15) is 5.10 Å². The van der Waals surface area contributed by atoms with Gasteiger partial charge >= 0.3 is 0 Å². The minimum absolute atomic E-state index is 0.320. The lowest BCUT2D eigenvalue weighted by Gasteiger charge is -2.03. The van der Waals surface area contributed by atoms with Gasteiger partial charge in [-0.05, 0) is 56.3 Å². The molecule has 3 rings (SSSR count). The second-order valence-electron chi connectivity index (χ2n) is 6.11. The molecule has 0 spiro atoms. The second kappa shape index (κ2) is 7.92. The van der Waals surface area contributed by atoms with E-state index >= 15 is 0 Å². The zero-order valence-corrected chi connectivity index (χ0v) is 16.6. The van der Waals surface area contributed by atoms with Gasteiger partial charge in [0.2, 0.25) is 0 Å². The predicted molar refractivity (Wildman–Crippen MR) is 112 cm³/mol. The number of hydrogen-bond donors (Lipinski definition) is 3. The molecule has 1 amide bonds. The number of benzene rings is 2. The van der Waals surface area contributed by atoms with Gasteiger partial charge < -0.3 is 5.73 Å². The normalized spacial score (nSPS) is 11.5. The number of carbonyl (C=O) groups excluding carboxylic acids is 1. The van der Waals surface area contributed by atoms with E-state index in [1.54, 1.807) is 56.3 Å². The van der Waals surface area contributed by atoms with Gasteiger partial charge in [0, 0.05) is 16.9 Å². The Morgan fingerprint density at radius 1 is 1.14 bits per heavy atom. The number of nitrogens with two attached hydrogens (primary N) is 1. The number of hydrogen-bond acceptors (Lipinski definition) is 4. The average Bonchev–Trinajstić information content (AvgIpc) is 2.96. The van der Waals surface area contributed by atoms with Crippen LogP contribution in [-0.4, -0.2) is 21.4 Å². The van der Waals surface area contributed by atoms with Crippen LogP contribution in [0.15, 0.2) is 52.4 Å². The van der Waals surface area contributed by atoms with Crippen LogP contribution in [0.25, 0.3) is 5.69 Å². The van der Waals surface area contributed by atoms with Crippen molar-refractivity contribution in [2.24, 2.45) is 5.10 Å². The number of halogens is 2. The summed E-state index contributed by atoms with van der Waals surface area (Å²) in [4.78, 5) is 25.0. The van der Waals surface area contributed by atoms with Crippen LogP contribution in [0.5, 0.6) is 0 Å². The fraction of sp³-hybridized carbons (Fsp3) is 0.105. The molecule has 0 aliphatic heterocycles. The molecule has 0 saturated heterocycles. The summed E-state index contributed by atoms with van der Waals surface area (Å²) >= 11 is 12.0. The Labute approximate surface area is 170 Å².